The molecule has 0 unspecified atom stereocenters. The van der Waals surface area contributed by atoms with Gasteiger partial charge in [0.05, 0.1) is 25.9 Å². The number of methoxy groups -OCH3 is 1. The Hall–Kier alpha value is -3.07. The van der Waals surface area contributed by atoms with Gasteiger partial charge in [-0.2, -0.15) is 0 Å². The van der Waals surface area contributed by atoms with Gasteiger partial charge in [0, 0.05) is 24.6 Å². The number of amides is 3. The van der Waals surface area contributed by atoms with E-state index in [9.17, 15) is 14.4 Å². The van der Waals surface area contributed by atoms with E-state index in [1.807, 2.05) is 43.9 Å². The molecule has 1 aliphatic heterocycles. The van der Waals surface area contributed by atoms with Gasteiger partial charge < -0.3 is 24.6 Å². The summed E-state index contributed by atoms with van der Waals surface area (Å²) in [6.45, 7) is 8.01. The molecule has 2 heterocycles. The molecule has 1 aromatic carbocycles. The third kappa shape index (κ3) is 5.40. The number of hydrogen-bond acceptors (Lipinski definition) is 6. The summed E-state index contributed by atoms with van der Waals surface area (Å²) in [4.78, 5) is 41.0. The number of thiophene rings is 1. The van der Waals surface area contributed by atoms with Crippen LogP contribution in [0.3, 0.4) is 0 Å². The van der Waals surface area contributed by atoms with Gasteiger partial charge in [-0.1, -0.05) is 19.9 Å². The maximum Gasteiger partial charge on any atom is 0.350 e. The number of rotatable bonds is 6. The highest BCUT2D eigenvalue weighted by molar-refractivity contribution is 7.12. The van der Waals surface area contributed by atoms with E-state index in [1.165, 1.54) is 18.4 Å². The smallest absolute Gasteiger partial charge is 0.350 e. The highest BCUT2D eigenvalue weighted by Gasteiger charge is 2.23. The van der Waals surface area contributed by atoms with Crippen molar-refractivity contribution in [3.05, 3.63) is 45.6 Å². The SMILES string of the molecule is CCN(Cc1ccc2c(c1)CN(C(=O)Nc1ccsc1C(=O)OC)CCO2)C(=O)C(C)C. The molecule has 0 atom stereocenters. The van der Waals surface area contributed by atoms with Crippen LogP contribution < -0.4 is 10.1 Å². The van der Waals surface area contributed by atoms with Gasteiger partial charge in [-0.3, -0.25) is 4.79 Å². The van der Waals surface area contributed by atoms with Gasteiger partial charge in [-0.05, 0) is 36.1 Å². The summed E-state index contributed by atoms with van der Waals surface area (Å²) in [7, 11) is 1.31. The number of benzene rings is 1. The van der Waals surface area contributed by atoms with E-state index in [2.05, 4.69) is 5.32 Å². The van der Waals surface area contributed by atoms with Crippen molar-refractivity contribution in [2.75, 3.05) is 32.1 Å². The molecule has 3 amide bonds. The van der Waals surface area contributed by atoms with Gasteiger partial charge in [0.15, 0.2) is 0 Å². The summed E-state index contributed by atoms with van der Waals surface area (Å²) in [5.74, 6) is 0.288. The van der Waals surface area contributed by atoms with Crippen LogP contribution in [-0.2, 0) is 22.6 Å². The fraction of sp³-hybridized carbons (Fsp3) is 0.435. The average molecular weight is 460 g/mol. The molecule has 1 aromatic heterocycles. The summed E-state index contributed by atoms with van der Waals surface area (Å²) < 4.78 is 10.6. The quantitative estimate of drug-likeness (QED) is 0.661. The Kier molecular flexibility index (Phi) is 7.74. The van der Waals surface area contributed by atoms with Crippen molar-refractivity contribution in [2.45, 2.75) is 33.9 Å². The van der Waals surface area contributed by atoms with Crippen molar-refractivity contribution in [3.63, 3.8) is 0 Å². The maximum atomic E-state index is 12.9. The van der Waals surface area contributed by atoms with Crippen LogP contribution in [0, 0.1) is 5.92 Å². The summed E-state index contributed by atoms with van der Waals surface area (Å²) in [5.41, 5.74) is 2.29. The van der Waals surface area contributed by atoms with E-state index in [0.29, 0.717) is 43.4 Å². The Morgan fingerprint density at radius 1 is 1.28 bits per heavy atom. The molecule has 1 aliphatic rings. The summed E-state index contributed by atoms with van der Waals surface area (Å²) in [5, 5.41) is 4.53. The first kappa shape index (κ1) is 23.6. The number of esters is 1. The first-order valence-electron chi connectivity index (χ1n) is 10.6. The zero-order valence-corrected chi connectivity index (χ0v) is 19.7. The minimum atomic E-state index is -0.485. The molecule has 0 saturated carbocycles. The molecule has 0 radical (unpaired) electrons. The topological polar surface area (TPSA) is 88.2 Å². The number of hydrogen-bond donors (Lipinski definition) is 1. The first-order chi connectivity index (χ1) is 15.3. The van der Waals surface area contributed by atoms with Gasteiger partial charge in [0.25, 0.3) is 0 Å². The minimum Gasteiger partial charge on any atom is -0.491 e. The lowest BCUT2D eigenvalue weighted by Gasteiger charge is -2.24. The van der Waals surface area contributed by atoms with Crippen molar-refractivity contribution in [3.8, 4) is 5.75 Å². The molecule has 0 saturated heterocycles. The predicted molar refractivity (Wildman–Crippen MR) is 123 cm³/mol. The highest BCUT2D eigenvalue weighted by atomic mass is 32.1. The molecular weight excluding hydrogens is 430 g/mol. The molecule has 172 valence electrons. The number of urea groups is 1. The van der Waals surface area contributed by atoms with Crippen molar-refractivity contribution in [1.82, 2.24) is 9.80 Å². The molecule has 0 fully saturated rings. The van der Waals surface area contributed by atoms with Crippen LogP contribution in [0.15, 0.2) is 29.6 Å². The number of nitrogens with zero attached hydrogens (tertiary/aromatic N) is 2. The molecule has 8 nitrogen and oxygen atoms in total. The third-order valence-electron chi connectivity index (χ3n) is 5.23. The van der Waals surface area contributed by atoms with Crippen LogP contribution in [0.4, 0.5) is 10.5 Å². The second kappa shape index (κ2) is 10.5. The normalized spacial score (nSPS) is 13.1. The number of carbonyl (C=O) groups excluding carboxylic acids is 3. The van der Waals surface area contributed by atoms with Crippen LogP contribution >= 0.6 is 11.3 Å². The van der Waals surface area contributed by atoms with Crippen LogP contribution in [0.2, 0.25) is 0 Å². The third-order valence-corrected chi connectivity index (χ3v) is 6.12. The standard InChI is InChI=1S/C23H29N3O5S/c1-5-25(21(27)15(2)3)13-16-6-7-19-17(12-16)14-26(9-10-31-19)23(29)24-18-8-11-32-20(18)22(28)30-4/h6-8,11-12,15H,5,9-10,13-14H2,1-4H3,(H,24,29). The number of nitrogens with one attached hydrogen (secondary N) is 1. The molecule has 1 N–H and O–H groups in total. The van der Waals surface area contributed by atoms with E-state index < -0.39 is 5.97 Å². The molecule has 2 aromatic rings. The largest absolute Gasteiger partial charge is 0.491 e. The fourth-order valence-corrected chi connectivity index (χ4v) is 4.27. The van der Waals surface area contributed by atoms with Crippen LogP contribution in [0.25, 0.3) is 0 Å². The van der Waals surface area contributed by atoms with Gasteiger partial charge >= 0.3 is 12.0 Å². The van der Waals surface area contributed by atoms with Crippen LogP contribution in [0.5, 0.6) is 5.75 Å². The molecule has 9 heteroatoms. The van der Waals surface area contributed by atoms with E-state index in [-0.39, 0.29) is 17.9 Å². The Bertz CT molecular complexity index is 988. The zero-order chi connectivity index (χ0) is 23.3. The number of anilines is 1. The van der Waals surface area contributed by atoms with Gasteiger partial charge in [0.1, 0.15) is 17.2 Å². The van der Waals surface area contributed by atoms with Gasteiger partial charge in [-0.15, -0.1) is 11.3 Å². The average Bonchev–Trinajstić information content (AvgIpc) is 3.13. The predicted octanol–water partition coefficient (Wildman–Crippen LogP) is 3.97. The number of carbonyl (C=O) groups is 3. The van der Waals surface area contributed by atoms with E-state index >= 15 is 0 Å². The lowest BCUT2D eigenvalue weighted by Crippen LogP contribution is -2.36. The van der Waals surface area contributed by atoms with Gasteiger partial charge in [0.2, 0.25) is 5.91 Å². The Morgan fingerprint density at radius 2 is 2.06 bits per heavy atom. The Labute approximate surface area is 192 Å². The van der Waals surface area contributed by atoms with E-state index in [1.54, 1.807) is 16.3 Å². The van der Waals surface area contributed by atoms with E-state index in [0.717, 1.165) is 16.9 Å². The summed E-state index contributed by atoms with van der Waals surface area (Å²) in [6, 6.07) is 7.20. The minimum absolute atomic E-state index is 0.0646. The monoisotopic (exact) mass is 459 g/mol. The first-order valence-corrected chi connectivity index (χ1v) is 11.5. The van der Waals surface area contributed by atoms with Crippen molar-refractivity contribution in [2.24, 2.45) is 5.92 Å². The van der Waals surface area contributed by atoms with Crippen LogP contribution in [0.1, 0.15) is 41.6 Å². The lowest BCUT2D eigenvalue weighted by atomic mass is 10.1. The summed E-state index contributed by atoms with van der Waals surface area (Å²) in [6.07, 6.45) is 0. The van der Waals surface area contributed by atoms with Gasteiger partial charge in [-0.25, -0.2) is 9.59 Å². The fourth-order valence-electron chi connectivity index (χ4n) is 3.50. The second-order valence-electron chi connectivity index (χ2n) is 7.80. The van der Waals surface area contributed by atoms with Crippen molar-refractivity contribution < 1.29 is 23.9 Å². The maximum absolute atomic E-state index is 12.9. The molecule has 32 heavy (non-hydrogen) atoms. The number of fused-ring (bicyclic) bond motifs is 1. The zero-order valence-electron chi connectivity index (χ0n) is 18.8. The second-order valence-corrected chi connectivity index (χ2v) is 8.72. The van der Waals surface area contributed by atoms with Crippen molar-refractivity contribution in [1.29, 1.82) is 0 Å². The highest BCUT2D eigenvalue weighted by Crippen LogP contribution is 2.27. The van der Waals surface area contributed by atoms with E-state index in [4.69, 9.17) is 9.47 Å². The van der Waals surface area contributed by atoms with Crippen LogP contribution in [-0.4, -0.2) is 54.5 Å². The molecular formula is C23H29N3O5S. The summed E-state index contributed by atoms with van der Waals surface area (Å²) >= 11 is 1.21. The Morgan fingerprint density at radius 3 is 2.75 bits per heavy atom. The van der Waals surface area contributed by atoms with Crippen molar-refractivity contribution >= 4 is 34.9 Å². The molecule has 3 rings (SSSR count). The lowest BCUT2D eigenvalue weighted by molar-refractivity contribution is -0.134. The number of ether oxygens (including phenoxy) is 2. The Balaban J connectivity index is 1.74. The molecule has 0 aliphatic carbocycles. The molecule has 0 spiro atoms. The molecule has 0 bridgehead atoms.